The number of aromatic nitrogens is 4. The maximum atomic E-state index is 13.1. The molecular formula is C31H28ClF3N6O2. The van der Waals surface area contributed by atoms with E-state index in [0.717, 1.165) is 53.8 Å². The lowest BCUT2D eigenvalue weighted by Crippen LogP contribution is -2.33. The minimum atomic E-state index is -4.69. The number of piperidine rings is 1. The lowest BCUT2D eigenvalue weighted by Gasteiger charge is -2.33. The zero-order valence-electron chi connectivity index (χ0n) is 23.2. The van der Waals surface area contributed by atoms with Crippen LogP contribution in [-0.4, -0.2) is 44.7 Å². The van der Waals surface area contributed by atoms with Gasteiger partial charge in [0.2, 0.25) is 5.78 Å². The van der Waals surface area contributed by atoms with E-state index in [-0.39, 0.29) is 17.6 Å². The van der Waals surface area contributed by atoms with Gasteiger partial charge in [-0.05, 0) is 72.7 Å². The molecule has 8 nitrogen and oxygen atoms in total. The van der Waals surface area contributed by atoms with Gasteiger partial charge in [-0.2, -0.15) is 0 Å². The summed E-state index contributed by atoms with van der Waals surface area (Å²) in [6.45, 7) is 3.85. The zero-order chi connectivity index (χ0) is 30.1. The lowest BCUT2D eigenvalue weighted by atomic mass is 9.89. The maximum Gasteiger partial charge on any atom is 0.573 e. The highest BCUT2D eigenvalue weighted by Crippen LogP contribution is 2.32. The molecule has 0 bridgehead atoms. The summed E-state index contributed by atoms with van der Waals surface area (Å²) < 4.78 is 43.0. The van der Waals surface area contributed by atoms with Crippen LogP contribution in [0.3, 0.4) is 0 Å². The number of hydrogen-bond donors (Lipinski definition) is 1. The fourth-order valence-electron chi connectivity index (χ4n) is 5.54. The third-order valence-electron chi connectivity index (χ3n) is 7.67. The number of amides is 1. The third kappa shape index (κ3) is 6.36. The molecule has 4 heterocycles. The molecule has 2 aromatic carbocycles. The first-order valence-electron chi connectivity index (χ1n) is 14.0. The van der Waals surface area contributed by atoms with E-state index in [9.17, 15) is 18.0 Å². The molecule has 5 aromatic rings. The van der Waals surface area contributed by atoms with Gasteiger partial charge in [-0.15, -0.1) is 13.2 Å². The van der Waals surface area contributed by atoms with E-state index < -0.39 is 6.36 Å². The molecular weight excluding hydrogens is 581 g/mol. The number of carbonyl (C=O) groups excluding carboxylic acids is 1. The minimum absolute atomic E-state index is 0.208. The van der Waals surface area contributed by atoms with Crippen molar-refractivity contribution in [2.24, 2.45) is 0 Å². The Morgan fingerprint density at radius 3 is 2.56 bits per heavy atom. The van der Waals surface area contributed by atoms with Gasteiger partial charge < -0.3 is 15.0 Å². The number of hydrogen-bond acceptors (Lipinski definition) is 6. The van der Waals surface area contributed by atoms with E-state index in [1.165, 1.54) is 18.3 Å². The number of nitrogens with zero attached hydrogens (tertiary/aromatic N) is 5. The van der Waals surface area contributed by atoms with E-state index >= 15 is 0 Å². The van der Waals surface area contributed by atoms with Gasteiger partial charge in [-0.3, -0.25) is 9.20 Å². The Labute approximate surface area is 250 Å². The Balaban J connectivity index is 1.08. The van der Waals surface area contributed by atoms with E-state index in [4.69, 9.17) is 16.6 Å². The maximum absolute atomic E-state index is 13.1. The first kappa shape index (κ1) is 28.7. The third-order valence-corrected chi connectivity index (χ3v) is 7.86. The van der Waals surface area contributed by atoms with Gasteiger partial charge in [0, 0.05) is 31.2 Å². The molecule has 0 atom stereocenters. The monoisotopic (exact) mass is 608 g/mol. The van der Waals surface area contributed by atoms with Crippen molar-refractivity contribution in [1.82, 2.24) is 24.7 Å². The van der Waals surface area contributed by atoms with E-state index in [2.05, 4.69) is 24.9 Å². The van der Waals surface area contributed by atoms with Crippen molar-refractivity contribution in [2.75, 3.05) is 18.0 Å². The van der Waals surface area contributed by atoms with Crippen LogP contribution in [0.25, 0.3) is 16.7 Å². The molecule has 0 aliphatic carbocycles. The second-order valence-electron chi connectivity index (χ2n) is 10.5. The molecule has 1 saturated heterocycles. The number of benzene rings is 2. The van der Waals surface area contributed by atoms with Crippen molar-refractivity contribution >= 4 is 40.0 Å². The summed E-state index contributed by atoms with van der Waals surface area (Å²) in [4.78, 5) is 28.9. The summed E-state index contributed by atoms with van der Waals surface area (Å²) in [6.07, 6.45) is 0.768. The molecule has 0 radical (unpaired) electrons. The Bertz CT molecular complexity index is 1780. The van der Waals surface area contributed by atoms with Gasteiger partial charge >= 0.3 is 6.36 Å². The highest BCUT2D eigenvalue weighted by Gasteiger charge is 2.31. The van der Waals surface area contributed by atoms with E-state index in [1.54, 1.807) is 22.7 Å². The molecule has 1 amide bonds. The molecule has 6 rings (SSSR count). The quantitative estimate of drug-likeness (QED) is 0.221. The standard InChI is InChI=1S/C31H28ClF3N6O2/c1-2-25-28(41-18-23(32)17-37-30(41)39-25)29(42)36-16-19-3-9-26-22(15-19)6-10-27(38-26)40-13-11-21(12-14-40)20-4-7-24(8-5-20)43-31(33,34)35/h3-10,15,17-18,21H,2,11-14,16H2,1H3,(H,36,42). The van der Waals surface area contributed by atoms with Crippen LogP contribution >= 0.6 is 11.6 Å². The first-order chi connectivity index (χ1) is 20.7. The predicted molar refractivity (Wildman–Crippen MR) is 158 cm³/mol. The second kappa shape index (κ2) is 11.7. The molecule has 12 heteroatoms. The zero-order valence-corrected chi connectivity index (χ0v) is 24.0. The lowest BCUT2D eigenvalue weighted by molar-refractivity contribution is -0.274. The van der Waals surface area contributed by atoms with Crippen LogP contribution in [0.2, 0.25) is 5.02 Å². The van der Waals surface area contributed by atoms with Crippen LogP contribution in [-0.2, 0) is 13.0 Å². The molecule has 3 aromatic heterocycles. The summed E-state index contributed by atoms with van der Waals surface area (Å²) in [5.74, 6) is 1.11. The van der Waals surface area contributed by atoms with Crippen molar-refractivity contribution in [3.05, 3.63) is 94.5 Å². The molecule has 1 N–H and O–H groups in total. The van der Waals surface area contributed by atoms with Crippen LogP contribution < -0.4 is 15.0 Å². The molecule has 1 fully saturated rings. The van der Waals surface area contributed by atoms with E-state index in [0.29, 0.717) is 35.2 Å². The molecule has 0 spiro atoms. The minimum Gasteiger partial charge on any atom is -0.406 e. The molecule has 0 unspecified atom stereocenters. The average Bonchev–Trinajstić information content (AvgIpc) is 3.37. The van der Waals surface area contributed by atoms with Gasteiger partial charge in [0.15, 0.2) is 0 Å². The molecule has 0 saturated carbocycles. The van der Waals surface area contributed by atoms with Crippen LogP contribution in [0.4, 0.5) is 19.0 Å². The van der Waals surface area contributed by atoms with Crippen molar-refractivity contribution in [3.8, 4) is 5.75 Å². The van der Waals surface area contributed by atoms with Crippen molar-refractivity contribution in [3.63, 3.8) is 0 Å². The van der Waals surface area contributed by atoms with Gasteiger partial charge in [-0.1, -0.05) is 36.7 Å². The summed E-state index contributed by atoms with van der Waals surface area (Å²) in [5, 5.41) is 4.37. The summed E-state index contributed by atoms with van der Waals surface area (Å²) in [6, 6.07) is 16.1. The first-order valence-corrected chi connectivity index (χ1v) is 14.4. The largest absolute Gasteiger partial charge is 0.573 e. The number of nitrogens with one attached hydrogen (secondary N) is 1. The van der Waals surface area contributed by atoms with Gasteiger partial charge in [0.05, 0.1) is 22.4 Å². The number of carbonyl (C=O) groups is 1. The Morgan fingerprint density at radius 1 is 1.07 bits per heavy atom. The average molecular weight is 609 g/mol. The van der Waals surface area contributed by atoms with Gasteiger partial charge in [0.1, 0.15) is 17.3 Å². The number of fused-ring (bicyclic) bond motifs is 2. The van der Waals surface area contributed by atoms with Crippen molar-refractivity contribution < 1.29 is 22.7 Å². The Kier molecular flexibility index (Phi) is 7.83. The number of rotatable bonds is 7. The van der Waals surface area contributed by atoms with Gasteiger partial charge in [-0.25, -0.2) is 15.0 Å². The van der Waals surface area contributed by atoms with Gasteiger partial charge in [0.25, 0.3) is 5.91 Å². The number of imidazole rings is 1. The van der Waals surface area contributed by atoms with Crippen LogP contribution in [0, 0.1) is 0 Å². The normalized spacial score (nSPS) is 14.4. The number of pyridine rings is 1. The highest BCUT2D eigenvalue weighted by atomic mass is 35.5. The number of anilines is 1. The number of halogens is 4. The predicted octanol–water partition coefficient (Wildman–Crippen LogP) is 6.71. The topological polar surface area (TPSA) is 84.7 Å². The Morgan fingerprint density at radius 2 is 1.84 bits per heavy atom. The summed E-state index contributed by atoms with van der Waals surface area (Å²) in [5.41, 5.74) is 3.88. The summed E-state index contributed by atoms with van der Waals surface area (Å²) >= 11 is 6.11. The molecule has 43 heavy (non-hydrogen) atoms. The second-order valence-corrected chi connectivity index (χ2v) is 10.9. The number of aryl methyl sites for hydroxylation is 1. The molecule has 1 aliphatic rings. The SMILES string of the molecule is CCc1nc2ncc(Cl)cn2c1C(=O)NCc1ccc2nc(N3CCC(c4ccc(OC(F)(F)F)cc4)CC3)ccc2c1. The number of alkyl halides is 3. The van der Waals surface area contributed by atoms with Crippen LogP contribution in [0.15, 0.2) is 67.0 Å². The van der Waals surface area contributed by atoms with Crippen molar-refractivity contribution in [2.45, 2.75) is 45.0 Å². The fraction of sp³-hybridized carbons (Fsp3) is 0.290. The molecule has 1 aliphatic heterocycles. The molecule has 222 valence electrons. The Hall–Kier alpha value is -4.38. The van der Waals surface area contributed by atoms with Crippen molar-refractivity contribution in [1.29, 1.82) is 0 Å². The van der Waals surface area contributed by atoms with Crippen LogP contribution in [0.5, 0.6) is 5.75 Å². The number of ether oxygens (including phenoxy) is 1. The summed E-state index contributed by atoms with van der Waals surface area (Å²) in [7, 11) is 0. The highest BCUT2D eigenvalue weighted by molar-refractivity contribution is 6.30. The van der Waals surface area contributed by atoms with E-state index in [1.807, 2.05) is 37.3 Å². The van der Waals surface area contributed by atoms with Crippen LogP contribution in [0.1, 0.15) is 53.0 Å². The fourth-order valence-corrected chi connectivity index (χ4v) is 5.69. The smallest absolute Gasteiger partial charge is 0.406 e.